The predicted molar refractivity (Wildman–Crippen MR) is 154 cm³/mol. The molecule has 0 fully saturated rings. The molecule has 1 aromatic heterocycles. The number of thiophene rings is 1. The SMILES string of the molecule is COC(=O)c1c(NC(=O)COC(=O)[C@H](C)N2C(=O)c3c(Br)c(Br)c(Br)c(Br)c3C2=O)sc2c1CC[C@H](C)C2. The monoisotopic (exact) mass is 796 g/mol. The number of benzene rings is 1. The van der Waals surface area contributed by atoms with Crippen molar-refractivity contribution in [2.75, 3.05) is 19.0 Å². The Labute approximate surface area is 255 Å². The summed E-state index contributed by atoms with van der Waals surface area (Å²) in [5, 5.41) is 3.00. The summed E-state index contributed by atoms with van der Waals surface area (Å²) in [6.07, 6.45) is 2.43. The van der Waals surface area contributed by atoms with Crippen LogP contribution >= 0.6 is 75.1 Å². The molecule has 4 rings (SSSR count). The smallest absolute Gasteiger partial charge is 0.341 e. The Morgan fingerprint density at radius 1 is 1.05 bits per heavy atom. The number of rotatable bonds is 6. The van der Waals surface area contributed by atoms with E-state index < -0.39 is 42.3 Å². The number of amides is 3. The molecule has 0 radical (unpaired) electrons. The fourth-order valence-corrected chi connectivity index (χ4v) is 8.27. The average Bonchev–Trinajstić information content (AvgIpc) is 3.36. The van der Waals surface area contributed by atoms with Gasteiger partial charge in [0.1, 0.15) is 11.0 Å². The van der Waals surface area contributed by atoms with Crippen molar-refractivity contribution in [1.82, 2.24) is 4.90 Å². The highest BCUT2D eigenvalue weighted by Crippen LogP contribution is 2.45. The van der Waals surface area contributed by atoms with Gasteiger partial charge in [0.15, 0.2) is 6.61 Å². The molecule has 2 atom stereocenters. The topological polar surface area (TPSA) is 119 Å². The zero-order chi connectivity index (χ0) is 28.0. The van der Waals surface area contributed by atoms with E-state index in [2.05, 4.69) is 76.0 Å². The molecule has 1 aliphatic carbocycles. The van der Waals surface area contributed by atoms with E-state index in [4.69, 9.17) is 9.47 Å². The molecule has 1 aliphatic heterocycles. The highest BCUT2D eigenvalue weighted by Gasteiger charge is 2.45. The summed E-state index contributed by atoms with van der Waals surface area (Å²) >= 11 is 14.7. The molecule has 14 heteroatoms. The second-order valence-corrected chi connectivity index (χ2v) is 13.1. The van der Waals surface area contributed by atoms with Gasteiger partial charge in [0.05, 0.1) is 23.8 Å². The maximum absolute atomic E-state index is 13.1. The maximum Gasteiger partial charge on any atom is 0.341 e. The molecule has 202 valence electrons. The standard InChI is InChI=1S/C24H20Br4N2O7S/c1-8-4-5-10-11(6-8)38-20(13(10)24(35)36-3)29-12(31)7-37-23(34)9(2)30-21(32)14-15(22(30)33)17(26)19(28)18(27)16(14)25/h8-9H,4-7H2,1-3H3,(H,29,31)/t8-,9-/m0/s1. The molecular formula is C24H20Br4N2O7S. The summed E-state index contributed by atoms with van der Waals surface area (Å²) < 4.78 is 11.8. The van der Waals surface area contributed by atoms with Crippen LogP contribution in [0.3, 0.4) is 0 Å². The van der Waals surface area contributed by atoms with E-state index in [0.29, 0.717) is 40.8 Å². The number of nitrogens with zero attached hydrogens (tertiary/aromatic N) is 1. The van der Waals surface area contributed by atoms with E-state index in [1.807, 2.05) is 0 Å². The van der Waals surface area contributed by atoms with Gasteiger partial charge in [-0.2, -0.15) is 0 Å². The third kappa shape index (κ3) is 5.14. The van der Waals surface area contributed by atoms with Crippen LogP contribution in [0.2, 0.25) is 0 Å². The summed E-state index contributed by atoms with van der Waals surface area (Å²) in [5.41, 5.74) is 1.40. The van der Waals surface area contributed by atoms with Crippen molar-refractivity contribution in [2.45, 2.75) is 39.2 Å². The third-order valence-electron chi connectivity index (χ3n) is 6.36. The number of ether oxygens (including phenoxy) is 2. The van der Waals surface area contributed by atoms with Crippen molar-refractivity contribution in [2.24, 2.45) is 5.92 Å². The maximum atomic E-state index is 13.1. The summed E-state index contributed by atoms with van der Waals surface area (Å²) in [7, 11) is 1.28. The van der Waals surface area contributed by atoms with Gasteiger partial charge in [0, 0.05) is 22.8 Å². The number of halogens is 4. The molecule has 9 nitrogen and oxygen atoms in total. The molecule has 1 N–H and O–H groups in total. The van der Waals surface area contributed by atoms with Crippen molar-refractivity contribution in [1.29, 1.82) is 0 Å². The number of anilines is 1. The second kappa shape index (κ2) is 11.5. The Bertz CT molecular complexity index is 1360. The lowest BCUT2D eigenvalue weighted by Gasteiger charge is -2.20. The summed E-state index contributed by atoms with van der Waals surface area (Å²) in [5.74, 6) is -3.04. The minimum absolute atomic E-state index is 0.0978. The van der Waals surface area contributed by atoms with Gasteiger partial charge >= 0.3 is 11.9 Å². The molecule has 2 aliphatic rings. The van der Waals surface area contributed by atoms with Crippen LogP contribution in [0.15, 0.2) is 17.9 Å². The van der Waals surface area contributed by atoms with Gasteiger partial charge in [-0.1, -0.05) is 6.92 Å². The van der Waals surface area contributed by atoms with Crippen LogP contribution in [-0.2, 0) is 31.9 Å². The number of fused-ring (bicyclic) bond motifs is 2. The van der Waals surface area contributed by atoms with Crippen LogP contribution in [0, 0.1) is 5.92 Å². The largest absolute Gasteiger partial charge is 0.465 e. The van der Waals surface area contributed by atoms with Crippen LogP contribution in [0.5, 0.6) is 0 Å². The van der Waals surface area contributed by atoms with Crippen LogP contribution in [0.25, 0.3) is 0 Å². The first-order valence-corrected chi connectivity index (χ1v) is 15.3. The number of methoxy groups -OCH3 is 1. The van der Waals surface area contributed by atoms with Gasteiger partial charge in [0.2, 0.25) is 0 Å². The normalized spacial score (nSPS) is 17.1. The fourth-order valence-electron chi connectivity index (χ4n) is 4.40. The van der Waals surface area contributed by atoms with E-state index in [9.17, 15) is 24.0 Å². The Kier molecular flexibility index (Phi) is 8.87. The first-order chi connectivity index (χ1) is 17.9. The van der Waals surface area contributed by atoms with Gasteiger partial charge in [-0.3, -0.25) is 19.3 Å². The summed E-state index contributed by atoms with van der Waals surface area (Å²) in [4.78, 5) is 65.9. The lowest BCUT2D eigenvalue weighted by atomic mass is 9.88. The number of hydrogen-bond donors (Lipinski definition) is 1. The predicted octanol–water partition coefficient (Wildman–Crippen LogP) is 5.88. The molecule has 0 spiro atoms. The van der Waals surface area contributed by atoms with Gasteiger partial charge in [0.25, 0.3) is 17.7 Å². The van der Waals surface area contributed by atoms with E-state index in [-0.39, 0.29) is 11.1 Å². The van der Waals surface area contributed by atoms with Crippen molar-refractivity contribution >= 4 is 110 Å². The van der Waals surface area contributed by atoms with Gasteiger partial charge in [-0.15, -0.1) is 11.3 Å². The molecule has 2 aromatic rings. The molecule has 3 amide bonds. The molecule has 0 bridgehead atoms. The number of carbonyl (C=O) groups excluding carboxylic acids is 5. The quantitative estimate of drug-likeness (QED) is 0.168. The highest BCUT2D eigenvalue weighted by molar-refractivity contribution is 9.15. The number of hydrogen-bond acceptors (Lipinski definition) is 8. The van der Waals surface area contributed by atoms with E-state index >= 15 is 0 Å². The minimum atomic E-state index is -1.30. The van der Waals surface area contributed by atoms with Crippen molar-refractivity contribution in [3.8, 4) is 0 Å². The highest BCUT2D eigenvalue weighted by atomic mass is 79.9. The second-order valence-electron chi connectivity index (χ2n) is 8.87. The number of imide groups is 1. The van der Waals surface area contributed by atoms with E-state index in [0.717, 1.165) is 28.2 Å². The van der Waals surface area contributed by atoms with Crippen molar-refractivity contribution in [3.63, 3.8) is 0 Å². The van der Waals surface area contributed by atoms with E-state index in [1.54, 1.807) is 0 Å². The van der Waals surface area contributed by atoms with E-state index in [1.165, 1.54) is 25.4 Å². The molecule has 0 saturated carbocycles. The van der Waals surface area contributed by atoms with Crippen molar-refractivity contribution in [3.05, 3.63) is 45.0 Å². The fraction of sp³-hybridized carbons (Fsp3) is 0.375. The lowest BCUT2D eigenvalue weighted by molar-refractivity contribution is -0.150. The van der Waals surface area contributed by atoms with Gasteiger partial charge in [-0.05, 0) is 101 Å². The van der Waals surface area contributed by atoms with Gasteiger partial charge < -0.3 is 14.8 Å². The zero-order valence-corrected chi connectivity index (χ0v) is 27.4. The minimum Gasteiger partial charge on any atom is -0.465 e. The number of nitrogens with one attached hydrogen (secondary N) is 1. The molecule has 0 saturated heterocycles. The molecular weight excluding hydrogens is 780 g/mol. The van der Waals surface area contributed by atoms with Crippen molar-refractivity contribution < 1.29 is 33.4 Å². The molecule has 0 unspecified atom stereocenters. The van der Waals surface area contributed by atoms with Gasteiger partial charge in [-0.25, -0.2) is 9.59 Å². The summed E-state index contributed by atoms with van der Waals surface area (Å²) in [6.45, 7) is 2.80. The Morgan fingerprint density at radius 2 is 1.63 bits per heavy atom. The Hall–Kier alpha value is -1.61. The molecule has 2 heterocycles. The molecule has 38 heavy (non-hydrogen) atoms. The summed E-state index contributed by atoms with van der Waals surface area (Å²) in [6, 6.07) is -1.30. The first-order valence-electron chi connectivity index (χ1n) is 11.3. The number of esters is 2. The van der Waals surface area contributed by atoms with Crippen LogP contribution in [0.1, 0.15) is 61.8 Å². The zero-order valence-electron chi connectivity index (χ0n) is 20.2. The first kappa shape index (κ1) is 29.4. The Balaban J connectivity index is 1.46. The lowest BCUT2D eigenvalue weighted by Crippen LogP contribution is -2.44. The Morgan fingerprint density at radius 3 is 2.18 bits per heavy atom. The van der Waals surface area contributed by atoms with Crippen LogP contribution < -0.4 is 5.32 Å². The molecule has 1 aromatic carbocycles. The number of carbonyl (C=O) groups is 5. The average molecular weight is 800 g/mol. The third-order valence-corrected chi connectivity index (χ3v) is 12.3. The van der Waals surface area contributed by atoms with Crippen LogP contribution in [0.4, 0.5) is 5.00 Å². The van der Waals surface area contributed by atoms with Crippen LogP contribution in [-0.4, -0.2) is 54.3 Å².